The van der Waals surface area contributed by atoms with E-state index in [0.717, 1.165) is 48.1 Å². The van der Waals surface area contributed by atoms with Gasteiger partial charge in [-0.15, -0.1) is 0 Å². The number of pyridine rings is 3. The number of piperazine rings is 1. The Kier molecular flexibility index (Phi) is 6.59. The predicted molar refractivity (Wildman–Crippen MR) is 144 cm³/mol. The molecule has 9 nitrogen and oxygen atoms in total. The second-order valence-corrected chi connectivity index (χ2v) is 11.2. The van der Waals surface area contributed by atoms with Crippen LogP contribution in [0.25, 0.3) is 16.6 Å². The van der Waals surface area contributed by atoms with Gasteiger partial charge in [-0.1, -0.05) is 6.07 Å². The molecule has 0 aromatic carbocycles. The zero-order chi connectivity index (χ0) is 28.9. The summed E-state index contributed by atoms with van der Waals surface area (Å²) in [5.41, 5.74) is 1.48. The molecule has 4 aromatic heterocycles. The summed E-state index contributed by atoms with van der Waals surface area (Å²) in [6, 6.07) is 11.0. The lowest BCUT2D eigenvalue weighted by molar-refractivity contribution is -0.141. The smallest absolute Gasteiger partial charge is 0.433 e. The molecule has 1 N–H and O–H groups in total. The molecule has 7 heterocycles. The quantitative estimate of drug-likeness (QED) is 0.355. The number of hydrogen-bond donors (Lipinski definition) is 1. The van der Waals surface area contributed by atoms with Crippen LogP contribution >= 0.6 is 0 Å². The molecule has 3 saturated heterocycles. The third kappa shape index (κ3) is 5.42. The lowest BCUT2D eigenvalue weighted by Gasteiger charge is -2.56. The summed E-state index contributed by atoms with van der Waals surface area (Å²) in [6.45, 7) is 5.50. The fraction of sp³-hybridized carbons (Fsp3) is 0.379. The van der Waals surface area contributed by atoms with Crippen molar-refractivity contribution in [2.24, 2.45) is 0 Å². The number of nitrogens with zero attached hydrogens (tertiary/aromatic N) is 7. The fourth-order valence-corrected chi connectivity index (χ4v) is 5.50. The number of halogens is 3. The number of aromatic nitrogens is 4. The molecule has 41 heavy (non-hydrogen) atoms. The first-order valence-corrected chi connectivity index (χ1v) is 13.2. The Balaban J connectivity index is 1.17. The van der Waals surface area contributed by atoms with Crippen LogP contribution in [-0.4, -0.2) is 67.0 Å². The van der Waals surface area contributed by atoms with E-state index in [1.165, 1.54) is 18.5 Å². The van der Waals surface area contributed by atoms with Gasteiger partial charge >= 0.3 is 6.18 Å². The van der Waals surface area contributed by atoms with Gasteiger partial charge in [0, 0.05) is 55.2 Å². The Morgan fingerprint density at radius 1 is 1.07 bits per heavy atom. The Hall–Kier alpha value is -4.21. The minimum absolute atomic E-state index is 0.0885. The maximum atomic E-state index is 12.8. The first kappa shape index (κ1) is 27.0. The molecule has 0 saturated carbocycles. The summed E-state index contributed by atoms with van der Waals surface area (Å²) in [6.07, 6.45) is 2.87. The summed E-state index contributed by atoms with van der Waals surface area (Å²) in [4.78, 5) is 12.9. The van der Waals surface area contributed by atoms with E-state index in [2.05, 4.69) is 26.0 Å². The molecule has 3 aliphatic rings. The number of nitriles is 1. The van der Waals surface area contributed by atoms with Gasteiger partial charge in [-0.3, -0.25) is 9.88 Å². The standard InChI is InChI=1S/C29H28F3N7O2/c1-28(2,40)17-41-23-8-24(27-20(9-33)12-36-39(27)16-23)19-4-6-26(35-11-19)37-14-21-7-22(15-37)38(21)13-18-3-5-25(34-10-18)29(30,31)32/h3-6,8,10-12,16,21-22,40H,7,13-15,17H2,1-2H3. The highest BCUT2D eigenvalue weighted by molar-refractivity contribution is 5.85. The molecule has 0 spiro atoms. The predicted octanol–water partition coefficient (Wildman–Crippen LogP) is 4.29. The number of rotatable bonds is 7. The molecule has 2 atom stereocenters. The van der Waals surface area contributed by atoms with Crippen molar-refractivity contribution in [3.63, 3.8) is 0 Å². The van der Waals surface area contributed by atoms with E-state index >= 15 is 0 Å². The summed E-state index contributed by atoms with van der Waals surface area (Å²) >= 11 is 0. The van der Waals surface area contributed by atoms with E-state index in [1.54, 1.807) is 30.8 Å². The zero-order valence-electron chi connectivity index (χ0n) is 22.5. The topological polar surface area (TPSA) is 103 Å². The molecule has 0 radical (unpaired) electrons. The van der Waals surface area contributed by atoms with Gasteiger partial charge in [0.15, 0.2) is 0 Å². The molecule has 7 rings (SSSR count). The Morgan fingerprint density at radius 2 is 1.85 bits per heavy atom. The third-order valence-corrected chi connectivity index (χ3v) is 7.51. The number of fused-ring (bicyclic) bond motifs is 3. The van der Waals surface area contributed by atoms with Gasteiger partial charge < -0.3 is 14.7 Å². The average molecular weight is 564 g/mol. The van der Waals surface area contributed by atoms with Crippen molar-refractivity contribution in [2.75, 3.05) is 24.6 Å². The number of aliphatic hydroxyl groups is 1. The molecule has 2 bridgehead atoms. The van der Waals surface area contributed by atoms with Crippen LogP contribution in [0.4, 0.5) is 19.0 Å². The highest BCUT2D eigenvalue weighted by Crippen LogP contribution is 2.37. The van der Waals surface area contributed by atoms with Gasteiger partial charge in [-0.25, -0.2) is 9.50 Å². The van der Waals surface area contributed by atoms with Crippen LogP contribution in [0.15, 0.2) is 55.1 Å². The van der Waals surface area contributed by atoms with Gasteiger partial charge in [0.05, 0.1) is 29.1 Å². The van der Waals surface area contributed by atoms with E-state index in [1.807, 2.05) is 18.2 Å². The highest BCUT2D eigenvalue weighted by atomic mass is 19.4. The van der Waals surface area contributed by atoms with E-state index in [-0.39, 0.29) is 18.7 Å². The normalized spacial score (nSPS) is 19.2. The maximum Gasteiger partial charge on any atom is 0.433 e. The van der Waals surface area contributed by atoms with Crippen LogP contribution in [0.1, 0.15) is 37.1 Å². The van der Waals surface area contributed by atoms with Crippen LogP contribution in [0.5, 0.6) is 5.75 Å². The summed E-state index contributed by atoms with van der Waals surface area (Å²) < 4.78 is 45.9. The van der Waals surface area contributed by atoms with Crippen molar-refractivity contribution in [1.29, 1.82) is 5.26 Å². The van der Waals surface area contributed by atoms with Crippen molar-refractivity contribution in [2.45, 2.75) is 50.7 Å². The average Bonchev–Trinajstić information content (AvgIpc) is 3.37. The summed E-state index contributed by atoms with van der Waals surface area (Å²) in [5, 5.41) is 24.0. The van der Waals surface area contributed by atoms with Gasteiger partial charge in [-0.05, 0) is 50.1 Å². The Bertz CT molecular complexity index is 1590. The van der Waals surface area contributed by atoms with Crippen LogP contribution < -0.4 is 9.64 Å². The number of hydrogen-bond acceptors (Lipinski definition) is 8. The monoisotopic (exact) mass is 563 g/mol. The van der Waals surface area contributed by atoms with E-state index < -0.39 is 17.5 Å². The number of piperidine rings is 1. The van der Waals surface area contributed by atoms with Crippen molar-refractivity contribution < 1.29 is 23.0 Å². The van der Waals surface area contributed by atoms with Crippen molar-refractivity contribution in [1.82, 2.24) is 24.5 Å². The molecule has 2 unspecified atom stereocenters. The largest absolute Gasteiger partial charge is 0.489 e. The van der Waals surface area contributed by atoms with E-state index in [0.29, 0.717) is 23.4 Å². The molecular formula is C29H28F3N7O2. The Labute approximate surface area is 234 Å². The second-order valence-electron chi connectivity index (χ2n) is 11.2. The molecule has 0 amide bonds. The van der Waals surface area contributed by atoms with Crippen molar-refractivity contribution >= 4 is 11.3 Å². The number of alkyl halides is 3. The molecule has 12 heteroatoms. The van der Waals surface area contributed by atoms with Gasteiger partial charge in [0.1, 0.15) is 29.9 Å². The lowest BCUT2D eigenvalue weighted by Crippen LogP contribution is -2.68. The number of ether oxygens (including phenoxy) is 1. The number of anilines is 1. The molecule has 3 aliphatic heterocycles. The fourth-order valence-electron chi connectivity index (χ4n) is 5.50. The van der Waals surface area contributed by atoms with Gasteiger partial charge in [0.2, 0.25) is 0 Å². The minimum atomic E-state index is -4.44. The maximum absolute atomic E-state index is 12.8. The van der Waals surface area contributed by atoms with E-state index in [4.69, 9.17) is 9.72 Å². The molecular weight excluding hydrogens is 535 g/mol. The van der Waals surface area contributed by atoms with Gasteiger partial charge in [-0.2, -0.15) is 23.5 Å². The van der Waals surface area contributed by atoms with Crippen LogP contribution in [0.2, 0.25) is 0 Å². The van der Waals surface area contributed by atoms with Crippen molar-refractivity contribution in [3.8, 4) is 22.9 Å². The summed E-state index contributed by atoms with van der Waals surface area (Å²) in [5.74, 6) is 1.34. The first-order valence-electron chi connectivity index (χ1n) is 13.2. The van der Waals surface area contributed by atoms with Crippen LogP contribution in [0.3, 0.4) is 0 Å². The third-order valence-electron chi connectivity index (χ3n) is 7.51. The second kappa shape index (κ2) is 10.0. The van der Waals surface area contributed by atoms with Crippen molar-refractivity contribution in [3.05, 3.63) is 71.9 Å². The SMILES string of the molecule is CC(C)(O)COc1cc(-c2ccc(N3CC4CC(C3)N4Cc3ccc(C(F)(F)F)nc3)nc2)c2c(C#N)cnn2c1. The molecule has 3 fully saturated rings. The van der Waals surface area contributed by atoms with Crippen LogP contribution in [-0.2, 0) is 12.7 Å². The van der Waals surface area contributed by atoms with Gasteiger partial charge in [0.25, 0.3) is 0 Å². The zero-order valence-corrected chi connectivity index (χ0v) is 22.5. The molecule has 212 valence electrons. The van der Waals surface area contributed by atoms with Crippen LogP contribution in [0, 0.1) is 11.3 Å². The minimum Gasteiger partial charge on any atom is -0.489 e. The molecule has 4 aromatic rings. The molecule has 0 aliphatic carbocycles. The summed E-state index contributed by atoms with van der Waals surface area (Å²) in [7, 11) is 0. The lowest BCUT2D eigenvalue weighted by atomic mass is 9.87. The van der Waals surface area contributed by atoms with E-state index in [9.17, 15) is 23.5 Å². The first-order chi connectivity index (χ1) is 19.5. The Morgan fingerprint density at radius 3 is 2.46 bits per heavy atom. The highest BCUT2D eigenvalue weighted by Gasteiger charge is 2.44.